The van der Waals surface area contributed by atoms with Gasteiger partial charge in [0.2, 0.25) is 11.8 Å². The molecule has 0 heterocycles. The topological polar surface area (TPSA) is 40.6 Å². The van der Waals surface area contributed by atoms with Crippen LogP contribution in [0.5, 0.6) is 0 Å². The number of nitrogens with zero attached hydrogens (tertiary/aromatic N) is 2. The van der Waals surface area contributed by atoms with Crippen molar-refractivity contribution in [2.75, 3.05) is 28.2 Å². The Kier molecular flexibility index (Phi) is 3.45. The number of carbonyl (C=O) groups excluding carboxylic acids is 2. The van der Waals surface area contributed by atoms with Crippen LogP contribution in [0.1, 0.15) is 20.3 Å². The molecule has 2 rings (SSSR count). The number of allylic oxidation sites excluding steroid dienone is 2. The van der Waals surface area contributed by atoms with Crippen LogP contribution in [0.15, 0.2) is 11.1 Å². The molecule has 0 aliphatic heterocycles. The Morgan fingerprint density at radius 3 is 1.42 bits per heavy atom. The summed E-state index contributed by atoms with van der Waals surface area (Å²) >= 11 is 0. The van der Waals surface area contributed by atoms with Gasteiger partial charge in [-0.05, 0) is 32.1 Å². The van der Waals surface area contributed by atoms with Crippen LogP contribution in [0.25, 0.3) is 0 Å². The van der Waals surface area contributed by atoms with E-state index in [1.807, 2.05) is 0 Å². The predicted molar refractivity (Wildman–Crippen MR) is 74.3 cm³/mol. The second-order valence-corrected chi connectivity index (χ2v) is 6.33. The van der Waals surface area contributed by atoms with Crippen molar-refractivity contribution in [1.82, 2.24) is 9.80 Å². The highest BCUT2D eigenvalue weighted by atomic mass is 16.2. The molecule has 2 aliphatic rings. The lowest BCUT2D eigenvalue weighted by Crippen LogP contribution is -2.44. The molecule has 0 aromatic carbocycles. The first kappa shape index (κ1) is 14.1. The fraction of sp³-hybridized carbons (Fsp3) is 0.733. The van der Waals surface area contributed by atoms with Crippen LogP contribution in [0, 0.1) is 23.7 Å². The van der Waals surface area contributed by atoms with Crippen molar-refractivity contribution < 1.29 is 9.59 Å². The molecule has 4 nitrogen and oxygen atoms in total. The lowest BCUT2D eigenvalue weighted by atomic mass is 9.75. The zero-order valence-electron chi connectivity index (χ0n) is 12.7. The Morgan fingerprint density at radius 1 is 0.842 bits per heavy atom. The number of hydrogen-bond acceptors (Lipinski definition) is 2. The molecular formula is C15H24N2O2. The van der Waals surface area contributed by atoms with Crippen LogP contribution >= 0.6 is 0 Å². The third-order valence-electron chi connectivity index (χ3n) is 4.95. The number of carbonyl (C=O) groups is 2. The van der Waals surface area contributed by atoms with Crippen molar-refractivity contribution in [2.24, 2.45) is 23.7 Å². The van der Waals surface area contributed by atoms with Gasteiger partial charge in [-0.15, -0.1) is 0 Å². The second kappa shape index (κ2) is 4.66. The summed E-state index contributed by atoms with van der Waals surface area (Å²) in [5.41, 5.74) is 2.65. The van der Waals surface area contributed by atoms with Crippen molar-refractivity contribution in [3.8, 4) is 0 Å². The third-order valence-corrected chi connectivity index (χ3v) is 4.95. The molecule has 4 heteroatoms. The minimum atomic E-state index is -0.168. The van der Waals surface area contributed by atoms with Gasteiger partial charge in [-0.2, -0.15) is 0 Å². The van der Waals surface area contributed by atoms with Crippen molar-refractivity contribution in [1.29, 1.82) is 0 Å². The summed E-state index contributed by atoms with van der Waals surface area (Å²) in [6.45, 7) is 4.23. The number of hydrogen-bond donors (Lipinski definition) is 0. The molecule has 19 heavy (non-hydrogen) atoms. The van der Waals surface area contributed by atoms with Gasteiger partial charge in [0.15, 0.2) is 0 Å². The summed E-state index contributed by atoms with van der Waals surface area (Å²) < 4.78 is 0. The summed E-state index contributed by atoms with van der Waals surface area (Å²) in [5.74, 6) is 0.374. The second-order valence-electron chi connectivity index (χ2n) is 6.33. The van der Waals surface area contributed by atoms with E-state index in [2.05, 4.69) is 13.8 Å². The zero-order valence-corrected chi connectivity index (χ0v) is 12.7. The summed E-state index contributed by atoms with van der Waals surface area (Å²) in [5, 5.41) is 0. The third kappa shape index (κ3) is 1.97. The molecule has 0 saturated heterocycles. The smallest absolute Gasteiger partial charge is 0.226 e. The molecule has 0 radical (unpaired) electrons. The Balaban J connectivity index is 2.40. The van der Waals surface area contributed by atoms with Crippen LogP contribution in [-0.4, -0.2) is 49.8 Å². The van der Waals surface area contributed by atoms with Gasteiger partial charge in [0.25, 0.3) is 0 Å². The molecule has 0 aromatic heterocycles. The van der Waals surface area contributed by atoms with Gasteiger partial charge < -0.3 is 9.80 Å². The first-order valence-electron chi connectivity index (χ1n) is 6.87. The van der Waals surface area contributed by atoms with Crippen molar-refractivity contribution in [3.63, 3.8) is 0 Å². The van der Waals surface area contributed by atoms with Crippen molar-refractivity contribution >= 4 is 11.8 Å². The van der Waals surface area contributed by atoms with E-state index in [9.17, 15) is 9.59 Å². The monoisotopic (exact) mass is 264 g/mol. The Bertz CT molecular complexity index is 411. The first-order valence-corrected chi connectivity index (χ1v) is 6.87. The lowest BCUT2D eigenvalue weighted by molar-refractivity contribution is -0.144. The summed E-state index contributed by atoms with van der Waals surface area (Å²) in [6, 6.07) is 0. The summed E-state index contributed by atoms with van der Waals surface area (Å²) in [7, 11) is 7.10. The molecule has 2 bridgehead atoms. The maximum Gasteiger partial charge on any atom is 0.226 e. The van der Waals surface area contributed by atoms with Gasteiger partial charge in [-0.25, -0.2) is 0 Å². The average molecular weight is 264 g/mol. The van der Waals surface area contributed by atoms with Gasteiger partial charge in [0, 0.05) is 28.2 Å². The molecule has 0 aromatic rings. The highest BCUT2D eigenvalue weighted by molar-refractivity contribution is 5.89. The van der Waals surface area contributed by atoms with E-state index in [-0.39, 0.29) is 35.5 Å². The van der Waals surface area contributed by atoms with E-state index in [0.29, 0.717) is 0 Å². The van der Waals surface area contributed by atoms with Crippen LogP contribution in [0.2, 0.25) is 0 Å². The van der Waals surface area contributed by atoms with E-state index >= 15 is 0 Å². The van der Waals surface area contributed by atoms with E-state index in [1.54, 1.807) is 38.0 Å². The lowest BCUT2D eigenvalue weighted by Gasteiger charge is -2.33. The molecule has 0 spiro atoms. The largest absolute Gasteiger partial charge is 0.349 e. The standard InChI is InChI=1S/C15H24N2O2/c1-8-9(2)11-7-10(8)12(14(18)16(3)4)13(11)15(19)17(5)6/h10-13H,7H2,1-6H3. The van der Waals surface area contributed by atoms with Crippen molar-refractivity contribution in [3.05, 3.63) is 11.1 Å². The zero-order chi connectivity index (χ0) is 14.5. The summed E-state index contributed by atoms with van der Waals surface area (Å²) in [6.07, 6.45) is 0.964. The molecular weight excluding hydrogens is 240 g/mol. The van der Waals surface area contributed by atoms with Crippen LogP contribution in [-0.2, 0) is 9.59 Å². The number of amides is 2. The normalized spacial score (nSPS) is 32.7. The molecule has 4 unspecified atom stereocenters. The van der Waals surface area contributed by atoms with Gasteiger partial charge in [-0.3, -0.25) is 9.59 Å². The quantitative estimate of drug-likeness (QED) is 0.707. The van der Waals surface area contributed by atoms with Gasteiger partial charge in [0.05, 0.1) is 11.8 Å². The highest BCUT2D eigenvalue weighted by Gasteiger charge is 2.56. The Labute approximate surface area is 115 Å². The predicted octanol–water partition coefficient (Wildman–Crippen LogP) is 1.38. The minimum absolute atomic E-state index is 0.0968. The molecule has 2 aliphatic carbocycles. The van der Waals surface area contributed by atoms with E-state index < -0.39 is 0 Å². The molecule has 1 saturated carbocycles. The highest BCUT2D eigenvalue weighted by Crippen LogP contribution is 2.55. The molecule has 106 valence electrons. The molecule has 1 fully saturated rings. The van der Waals surface area contributed by atoms with Crippen LogP contribution in [0.3, 0.4) is 0 Å². The van der Waals surface area contributed by atoms with E-state index in [0.717, 1.165) is 6.42 Å². The number of fused-ring (bicyclic) bond motifs is 2. The maximum absolute atomic E-state index is 12.5. The maximum atomic E-state index is 12.5. The van der Waals surface area contributed by atoms with Gasteiger partial charge >= 0.3 is 0 Å². The van der Waals surface area contributed by atoms with Gasteiger partial charge in [0.1, 0.15) is 0 Å². The molecule has 4 atom stereocenters. The SMILES string of the molecule is CC1=C(C)C2CC1C(C(=O)N(C)C)C2C(=O)N(C)C. The van der Waals surface area contributed by atoms with Crippen LogP contribution < -0.4 is 0 Å². The summed E-state index contributed by atoms with van der Waals surface area (Å²) in [4.78, 5) is 28.2. The minimum Gasteiger partial charge on any atom is -0.349 e. The fourth-order valence-electron chi connectivity index (χ4n) is 3.79. The van der Waals surface area contributed by atoms with Crippen LogP contribution in [0.4, 0.5) is 0 Å². The average Bonchev–Trinajstić information content (AvgIpc) is 2.85. The van der Waals surface area contributed by atoms with E-state index in [1.165, 1.54) is 11.1 Å². The fourth-order valence-corrected chi connectivity index (χ4v) is 3.79. The van der Waals surface area contributed by atoms with E-state index in [4.69, 9.17) is 0 Å². The number of rotatable bonds is 2. The van der Waals surface area contributed by atoms with Gasteiger partial charge in [-0.1, -0.05) is 11.1 Å². The molecule has 0 N–H and O–H groups in total. The Morgan fingerprint density at radius 2 is 1.16 bits per heavy atom. The van der Waals surface area contributed by atoms with Crippen molar-refractivity contribution in [2.45, 2.75) is 20.3 Å². The first-order chi connectivity index (χ1) is 8.77. The Hall–Kier alpha value is -1.32. The molecule has 2 amide bonds.